The summed E-state index contributed by atoms with van der Waals surface area (Å²) in [5.74, 6) is -1.59. The van der Waals surface area contributed by atoms with Crippen LogP contribution in [0.15, 0.2) is 24.5 Å². The molecule has 108 valence electrons. The molecule has 1 fully saturated rings. The third-order valence-electron chi connectivity index (χ3n) is 4.14. The minimum atomic E-state index is -0.816. The van der Waals surface area contributed by atoms with Crippen molar-refractivity contribution in [3.63, 3.8) is 0 Å². The van der Waals surface area contributed by atoms with Crippen LogP contribution in [0.5, 0.6) is 0 Å². The van der Waals surface area contributed by atoms with Crippen molar-refractivity contribution < 1.29 is 14.7 Å². The van der Waals surface area contributed by atoms with Gasteiger partial charge in [-0.15, -0.1) is 0 Å². The normalized spacial score (nSPS) is 24.2. The topological polar surface area (TPSA) is 70.5 Å². The van der Waals surface area contributed by atoms with Gasteiger partial charge in [-0.25, -0.2) is 0 Å². The molecule has 20 heavy (non-hydrogen) atoms. The molecule has 1 saturated heterocycles. The number of pyridine rings is 1. The fraction of sp³-hybridized carbons (Fsp3) is 0.533. The van der Waals surface area contributed by atoms with E-state index in [0.717, 1.165) is 12.0 Å². The van der Waals surface area contributed by atoms with Gasteiger partial charge < -0.3 is 10.0 Å². The molecule has 1 aliphatic heterocycles. The standard InChI is InChI=1S/C15H20N2O3/c1-10(12-5-3-7-16-9-12)14(18)17-8-4-6-13(11(17)2)15(19)20/h3,5,7,9-11,13H,4,6,8H2,1-2H3,(H,19,20)/t10?,11-,13-/m0/s1. The van der Waals surface area contributed by atoms with Crippen molar-refractivity contribution >= 4 is 11.9 Å². The highest BCUT2D eigenvalue weighted by molar-refractivity contribution is 5.84. The molecule has 0 aliphatic carbocycles. The van der Waals surface area contributed by atoms with Crippen molar-refractivity contribution in [2.24, 2.45) is 5.92 Å². The minimum Gasteiger partial charge on any atom is -0.481 e. The number of carboxylic acid groups (broad SMARTS) is 1. The molecule has 1 amide bonds. The largest absolute Gasteiger partial charge is 0.481 e. The van der Waals surface area contributed by atoms with Crippen molar-refractivity contribution in [1.29, 1.82) is 0 Å². The average molecular weight is 276 g/mol. The van der Waals surface area contributed by atoms with Crippen LogP contribution >= 0.6 is 0 Å². The van der Waals surface area contributed by atoms with Gasteiger partial charge >= 0.3 is 5.97 Å². The highest BCUT2D eigenvalue weighted by Crippen LogP contribution is 2.27. The SMILES string of the molecule is CC(C(=O)N1CCC[C@H](C(=O)O)[C@@H]1C)c1cccnc1. The van der Waals surface area contributed by atoms with E-state index in [2.05, 4.69) is 4.98 Å². The van der Waals surface area contributed by atoms with Crippen LogP contribution in [0.25, 0.3) is 0 Å². The Hall–Kier alpha value is -1.91. The van der Waals surface area contributed by atoms with E-state index in [1.54, 1.807) is 23.4 Å². The lowest BCUT2D eigenvalue weighted by Gasteiger charge is -2.38. The van der Waals surface area contributed by atoms with Crippen LogP contribution in [0.4, 0.5) is 0 Å². The maximum absolute atomic E-state index is 12.6. The van der Waals surface area contributed by atoms with Crippen LogP contribution in [0, 0.1) is 5.92 Å². The fourth-order valence-corrected chi connectivity index (χ4v) is 2.81. The monoisotopic (exact) mass is 276 g/mol. The molecule has 1 aromatic heterocycles. The summed E-state index contributed by atoms with van der Waals surface area (Å²) >= 11 is 0. The third kappa shape index (κ3) is 2.81. The number of rotatable bonds is 3. The maximum atomic E-state index is 12.6. The van der Waals surface area contributed by atoms with Crippen molar-refractivity contribution in [2.45, 2.75) is 38.6 Å². The Morgan fingerprint density at radius 2 is 2.25 bits per heavy atom. The Labute approximate surface area is 118 Å². The zero-order chi connectivity index (χ0) is 14.7. The highest BCUT2D eigenvalue weighted by Gasteiger charge is 2.36. The molecule has 1 aromatic rings. The van der Waals surface area contributed by atoms with Gasteiger partial charge in [0, 0.05) is 25.0 Å². The van der Waals surface area contributed by atoms with Crippen LogP contribution in [-0.4, -0.2) is 39.5 Å². The predicted molar refractivity (Wildman–Crippen MR) is 74.2 cm³/mol. The molecule has 2 heterocycles. The molecule has 1 aliphatic rings. The Morgan fingerprint density at radius 3 is 2.85 bits per heavy atom. The number of hydrogen-bond donors (Lipinski definition) is 1. The van der Waals surface area contributed by atoms with E-state index in [1.165, 1.54) is 0 Å². The molecular weight excluding hydrogens is 256 g/mol. The van der Waals surface area contributed by atoms with Crippen molar-refractivity contribution in [3.05, 3.63) is 30.1 Å². The van der Waals surface area contributed by atoms with E-state index in [1.807, 2.05) is 19.9 Å². The molecule has 0 spiro atoms. The summed E-state index contributed by atoms with van der Waals surface area (Å²) in [6.45, 7) is 4.30. The summed E-state index contributed by atoms with van der Waals surface area (Å²) in [4.78, 5) is 29.5. The number of carboxylic acids is 1. The van der Waals surface area contributed by atoms with E-state index >= 15 is 0 Å². The zero-order valence-corrected chi connectivity index (χ0v) is 11.8. The average Bonchev–Trinajstić information content (AvgIpc) is 2.46. The van der Waals surface area contributed by atoms with E-state index in [4.69, 9.17) is 0 Å². The molecule has 0 saturated carbocycles. The summed E-state index contributed by atoms with van der Waals surface area (Å²) < 4.78 is 0. The zero-order valence-electron chi connectivity index (χ0n) is 11.8. The van der Waals surface area contributed by atoms with Crippen LogP contribution in [0.3, 0.4) is 0 Å². The highest BCUT2D eigenvalue weighted by atomic mass is 16.4. The Morgan fingerprint density at radius 1 is 1.50 bits per heavy atom. The lowest BCUT2D eigenvalue weighted by atomic mass is 9.88. The number of carbonyl (C=O) groups excluding carboxylic acids is 1. The van der Waals surface area contributed by atoms with E-state index in [9.17, 15) is 14.7 Å². The number of aliphatic carboxylic acids is 1. The van der Waals surface area contributed by atoms with E-state index < -0.39 is 11.9 Å². The predicted octanol–water partition coefficient (Wildman–Crippen LogP) is 1.90. The Balaban J connectivity index is 2.14. The van der Waals surface area contributed by atoms with Crippen molar-refractivity contribution in [3.8, 4) is 0 Å². The third-order valence-corrected chi connectivity index (χ3v) is 4.14. The van der Waals surface area contributed by atoms with Gasteiger partial charge in [0.25, 0.3) is 0 Å². The van der Waals surface area contributed by atoms with Gasteiger partial charge in [0.15, 0.2) is 0 Å². The molecule has 0 radical (unpaired) electrons. The Kier molecular flexibility index (Phi) is 4.37. The second-order valence-corrected chi connectivity index (χ2v) is 5.37. The lowest BCUT2D eigenvalue weighted by molar-refractivity contribution is -0.149. The lowest BCUT2D eigenvalue weighted by Crippen LogP contribution is -2.50. The number of likely N-dealkylation sites (tertiary alicyclic amines) is 1. The minimum absolute atomic E-state index is 0.0172. The quantitative estimate of drug-likeness (QED) is 0.915. The first kappa shape index (κ1) is 14.5. The molecular formula is C15H20N2O3. The molecule has 2 rings (SSSR count). The van der Waals surface area contributed by atoms with E-state index in [-0.39, 0.29) is 17.9 Å². The summed E-state index contributed by atoms with van der Waals surface area (Å²) in [7, 11) is 0. The number of piperidine rings is 1. The first-order valence-corrected chi connectivity index (χ1v) is 6.95. The number of carbonyl (C=O) groups is 2. The van der Waals surface area contributed by atoms with Crippen LogP contribution < -0.4 is 0 Å². The molecule has 3 atom stereocenters. The van der Waals surface area contributed by atoms with Gasteiger partial charge in [-0.05, 0) is 38.3 Å². The summed E-state index contributed by atoms with van der Waals surface area (Å²) in [5.41, 5.74) is 0.863. The molecule has 0 bridgehead atoms. The number of nitrogens with zero attached hydrogens (tertiary/aromatic N) is 2. The second kappa shape index (κ2) is 6.03. The van der Waals surface area contributed by atoms with Gasteiger partial charge in [0.2, 0.25) is 5.91 Å². The second-order valence-electron chi connectivity index (χ2n) is 5.37. The molecule has 1 N–H and O–H groups in total. The fourth-order valence-electron chi connectivity index (χ4n) is 2.81. The van der Waals surface area contributed by atoms with Gasteiger partial charge in [0.05, 0.1) is 11.8 Å². The number of hydrogen-bond acceptors (Lipinski definition) is 3. The Bertz CT molecular complexity index is 489. The van der Waals surface area contributed by atoms with Gasteiger partial charge in [-0.1, -0.05) is 6.07 Å². The smallest absolute Gasteiger partial charge is 0.308 e. The van der Waals surface area contributed by atoms with Crippen LogP contribution in [0.1, 0.15) is 38.2 Å². The van der Waals surface area contributed by atoms with Gasteiger partial charge in [-0.3, -0.25) is 14.6 Å². The first-order valence-electron chi connectivity index (χ1n) is 6.95. The van der Waals surface area contributed by atoms with Crippen LogP contribution in [0.2, 0.25) is 0 Å². The molecule has 1 unspecified atom stereocenters. The number of amides is 1. The van der Waals surface area contributed by atoms with Gasteiger partial charge in [0.1, 0.15) is 0 Å². The van der Waals surface area contributed by atoms with Crippen molar-refractivity contribution in [2.75, 3.05) is 6.54 Å². The molecule has 0 aromatic carbocycles. The molecule has 5 nitrogen and oxygen atoms in total. The van der Waals surface area contributed by atoms with E-state index in [0.29, 0.717) is 13.0 Å². The number of aromatic nitrogens is 1. The first-order chi connectivity index (χ1) is 9.52. The maximum Gasteiger partial charge on any atom is 0.308 e. The van der Waals surface area contributed by atoms with Crippen molar-refractivity contribution in [1.82, 2.24) is 9.88 Å². The summed E-state index contributed by atoms with van der Waals surface area (Å²) in [6.07, 6.45) is 4.74. The molecule has 5 heteroatoms. The van der Waals surface area contributed by atoms with Crippen LogP contribution in [-0.2, 0) is 9.59 Å². The summed E-state index contributed by atoms with van der Waals surface area (Å²) in [5, 5.41) is 9.22. The van der Waals surface area contributed by atoms with Gasteiger partial charge in [-0.2, -0.15) is 0 Å². The summed E-state index contributed by atoms with van der Waals surface area (Å²) in [6, 6.07) is 3.42.